The van der Waals surface area contributed by atoms with Crippen LogP contribution in [0.25, 0.3) is 21.9 Å². The van der Waals surface area contributed by atoms with Gasteiger partial charge in [0.05, 0.1) is 43.4 Å². The normalized spacial score (nSPS) is 17.1. The summed E-state index contributed by atoms with van der Waals surface area (Å²) in [5, 5.41) is 9.28. The summed E-state index contributed by atoms with van der Waals surface area (Å²) in [5.74, 6) is 6.84. The first-order chi connectivity index (χ1) is 16.6. The van der Waals surface area contributed by atoms with Crippen LogP contribution in [0.5, 0.6) is 0 Å². The highest BCUT2D eigenvalue weighted by atomic mass is 19.1. The highest BCUT2D eigenvalue weighted by Gasteiger charge is 2.35. The second kappa shape index (κ2) is 8.01. The van der Waals surface area contributed by atoms with Gasteiger partial charge >= 0.3 is 0 Å². The first kappa shape index (κ1) is 21.0. The molecule has 0 amide bonds. The standard InChI is InChI=1S/C25H23FN6O2/c1-3-25(14-34-15-25)8-7-16-5-4-6-20-18(16)13-33-10-9-32(20)24-21-17(11-27-12-19(21)26)22-23(28-24)29-30-31(22)2/h4-6,11-12H,3,9-10,13-15H2,1-2H3. The predicted octanol–water partition coefficient (Wildman–Crippen LogP) is 3.50. The number of rotatable bonds is 2. The average molecular weight is 458 g/mol. The van der Waals surface area contributed by atoms with E-state index < -0.39 is 5.82 Å². The number of hydrogen-bond acceptors (Lipinski definition) is 7. The Morgan fingerprint density at radius 1 is 1.21 bits per heavy atom. The topological polar surface area (TPSA) is 78.2 Å². The molecule has 0 atom stereocenters. The summed E-state index contributed by atoms with van der Waals surface area (Å²) in [6.07, 6.45) is 3.79. The van der Waals surface area contributed by atoms with E-state index in [1.54, 1.807) is 17.9 Å². The van der Waals surface area contributed by atoms with Crippen LogP contribution in [-0.4, -0.2) is 51.3 Å². The Labute approximate surface area is 195 Å². The number of benzene rings is 1. The molecule has 0 bridgehead atoms. The van der Waals surface area contributed by atoms with Gasteiger partial charge in [-0.2, -0.15) is 0 Å². The lowest BCUT2D eigenvalue weighted by atomic mass is 9.83. The summed E-state index contributed by atoms with van der Waals surface area (Å²) in [6, 6.07) is 5.98. The van der Waals surface area contributed by atoms with Crippen molar-refractivity contribution in [3.8, 4) is 11.8 Å². The molecule has 6 rings (SSSR count). The lowest BCUT2D eigenvalue weighted by molar-refractivity contribution is -0.0775. The van der Waals surface area contributed by atoms with Crippen molar-refractivity contribution in [2.24, 2.45) is 12.5 Å². The number of aromatic nitrogens is 5. The van der Waals surface area contributed by atoms with Gasteiger partial charge in [0.25, 0.3) is 0 Å². The van der Waals surface area contributed by atoms with E-state index >= 15 is 4.39 Å². The SMILES string of the molecule is CCC1(C#Cc2cccc3c2COCCN3c2nc3nnn(C)c3c3cncc(F)c23)COC1. The largest absolute Gasteiger partial charge is 0.378 e. The Kier molecular flexibility index (Phi) is 4.94. The fraction of sp³-hybridized carbons (Fsp3) is 0.360. The molecule has 34 heavy (non-hydrogen) atoms. The van der Waals surface area contributed by atoms with E-state index in [1.165, 1.54) is 6.20 Å². The summed E-state index contributed by atoms with van der Waals surface area (Å²) in [6.45, 7) is 4.85. The minimum Gasteiger partial charge on any atom is -0.378 e. The minimum absolute atomic E-state index is 0.0844. The minimum atomic E-state index is -0.444. The molecular formula is C25H23FN6O2. The van der Waals surface area contributed by atoms with Gasteiger partial charge in [0.15, 0.2) is 5.82 Å². The third-order valence-corrected chi connectivity index (χ3v) is 6.70. The van der Waals surface area contributed by atoms with Crippen LogP contribution in [0.15, 0.2) is 30.6 Å². The maximum absolute atomic E-state index is 15.2. The van der Waals surface area contributed by atoms with Gasteiger partial charge in [0, 0.05) is 42.0 Å². The molecule has 9 heteroatoms. The summed E-state index contributed by atoms with van der Waals surface area (Å²) < 4.78 is 28.2. The van der Waals surface area contributed by atoms with Gasteiger partial charge in [-0.15, -0.1) is 5.10 Å². The molecule has 0 saturated carbocycles. The highest BCUT2D eigenvalue weighted by Crippen LogP contribution is 2.38. The van der Waals surface area contributed by atoms with Crippen LogP contribution in [0.1, 0.15) is 24.5 Å². The number of aryl methyl sites for hydroxylation is 1. The van der Waals surface area contributed by atoms with Gasteiger partial charge in [-0.3, -0.25) is 4.98 Å². The Bertz CT molecular complexity index is 1480. The highest BCUT2D eigenvalue weighted by molar-refractivity contribution is 6.08. The number of anilines is 2. The molecule has 172 valence electrons. The van der Waals surface area contributed by atoms with Crippen LogP contribution in [0.3, 0.4) is 0 Å². The summed E-state index contributed by atoms with van der Waals surface area (Å²) in [7, 11) is 1.76. The van der Waals surface area contributed by atoms with Crippen LogP contribution in [-0.2, 0) is 23.1 Å². The van der Waals surface area contributed by atoms with Crippen molar-refractivity contribution >= 4 is 33.4 Å². The second-order valence-electron chi connectivity index (χ2n) is 8.75. The number of pyridine rings is 2. The summed E-state index contributed by atoms with van der Waals surface area (Å²) in [5.41, 5.74) is 3.75. The van der Waals surface area contributed by atoms with E-state index in [4.69, 9.17) is 14.5 Å². The van der Waals surface area contributed by atoms with Crippen LogP contribution in [0.2, 0.25) is 0 Å². The monoisotopic (exact) mass is 458 g/mol. The number of ether oxygens (including phenoxy) is 2. The lowest BCUT2D eigenvalue weighted by Crippen LogP contribution is -2.40. The molecule has 0 spiro atoms. The molecule has 0 unspecified atom stereocenters. The molecule has 2 aliphatic heterocycles. The van der Waals surface area contributed by atoms with Crippen LogP contribution >= 0.6 is 0 Å². The van der Waals surface area contributed by atoms with Gasteiger partial charge in [-0.25, -0.2) is 14.1 Å². The molecular weight excluding hydrogens is 435 g/mol. The summed E-state index contributed by atoms with van der Waals surface area (Å²) >= 11 is 0. The molecule has 4 aromatic rings. The Morgan fingerprint density at radius 2 is 2.09 bits per heavy atom. The molecule has 0 aliphatic carbocycles. The molecule has 1 fully saturated rings. The van der Waals surface area contributed by atoms with Gasteiger partial charge in [0.2, 0.25) is 5.65 Å². The van der Waals surface area contributed by atoms with Crippen molar-refractivity contribution in [2.75, 3.05) is 31.3 Å². The fourth-order valence-electron chi connectivity index (χ4n) is 4.59. The van der Waals surface area contributed by atoms with Crippen LogP contribution < -0.4 is 4.90 Å². The number of fused-ring (bicyclic) bond motifs is 4. The van der Waals surface area contributed by atoms with Gasteiger partial charge in [-0.1, -0.05) is 30.0 Å². The van der Waals surface area contributed by atoms with E-state index in [2.05, 4.69) is 34.1 Å². The summed E-state index contributed by atoms with van der Waals surface area (Å²) in [4.78, 5) is 10.8. The maximum Gasteiger partial charge on any atom is 0.204 e. The zero-order valence-electron chi connectivity index (χ0n) is 19.0. The van der Waals surface area contributed by atoms with E-state index in [0.29, 0.717) is 60.7 Å². The molecule has 8 nitrogen and oxygen atoms in total. The number of nitrogens with zero attached hydrogens (tertiary/aromatic N) is 6. The van der Waals surface area contributed by atoms with Crippen molar-refractivity contribution in [1.29, 1.82) is 0 Å². The third kappa shape index (κ3) is 3.22. The first-order valence-electron chi connectivity index (χ1n) is 11.3. The molecule has 0 radical (unpaired) electrons. The molecule has 0 N–H and O–H groups in total. The quantitative estimate of drug-likeness (QED) is 0.426. The Hall–Kier alpha value is -3.61. The van der Waals surface area contributed by atoms with Crippen molar-refractivity contribution < 1.29 is 13.9 Å². The first-order valence-corrected chi connectivity index (χ1v) is 11.3. The van der Waals surface area contributed by atoms with Gasteiger partial charge < -0.3 is 14.4 Å². The van der Waals surface area contributed by atoms with Crippen LogP contribution in [0.4, 0.5) is 15.9 Å². The van der Waals surface area contributed by atoms with Crippen molar-refractivity contribution in [2.45, 2.75) is 20.0 Å². The Morgan fingerprint density at radius 3 is 2.88 bits per heavy atom. The molecule has 3 aromatic heterocycles. The zero-order valence-corrected chi connectivity index (χ0v) is 19.0. The maximum atomic E-state index is 15.2. The van der Waals surface area contributed by atoms with Crippen molar-refractivity contribution in [3.63, 3.8) is 0 Å². The molecule has 5 heterocycles. The fourth-order valence-corrected chi connectivity index (χ4v) is 4.59. The van der Waals surface area contributed by atoms with E-state index in [-0.39, 0.29) is 5.41 Å². The van der Waals surface area contributed by atoms with Gasteiger partial charge in [0.1, 0.15) is 11.3 Å². The number of halogens is 1. The number of hydrogen-bond donors (Lipinski definition) is 0. The van der Waals surface area contributed by atoms with Gasteiger partial charge in [-0.05, 0) is 18.6 Å². The van der Waals surface area contributed by atoms with E-state index in [0.717, 1.165) is 23.2 Å². The van der Waals surface area contributed by atoms with Crippen LogP contribution in [0, 0.1) is 23.1 Å². The smallest absolute Gasteiger partial charge is 0.204 e. The second-order valence-corrected chi connectivity index (χ2v) is 8.75. The van der Waals surface area contributed by atoms with E-state index in [9.17, 15) is 0 Å². The molecule has 1 saturated heterocycles. The predicted molar refractivity (Wildman–Crippen MR) is 125 cm³/mol. The average Bonchev–Trinajstić information content (AvgIpc) is 3.06. The molecule has 2 aliphatic rings. The van der Waals surface area contributed by atoms with E-state index in [1.807, 2.05) is 23.1 Å². The lowest BCUT2D eigenvalue weighted by Gasteiger charge is -2.35. The van der Waals surface area contributed by atoms with Crippen molar-refractivity contribution in [1.82, 2.24) is 25.0 Å². The third-order valence-electron chi connectivity index (χ3n) is 6.70. The van der Waals surface area contributed by atoms with Crippen molar-refractivity contribution in [3.05, 3.63) is 47.5 Å². The zero-order chi connectivity index (χ0) is 23.3. The molecule has 1 aromatic carbocycles. The Balaban J connectivity index is 1.55.